The summed E-state index contributed by atoms with van der Waals surface area (Å²) in [6.45, 7) is 2.86. The van der Waals surface area contributed by atoms with Crippen molar-refractivity contribution in [1.29, 1.82) is 0 Å². The average Bonchev–Trinajstić information content (AvgIpc) is 3.27. The molecule has 0 spiro atoms. The van der Waals surface area contributed by atoms with Crippen molar-refractivity contribution in [1.82, 2.24) is 20.1 Å². The van der Waals surface area contributed by atoms with Gasteiger partial charge in [-0.05, 0) is 41.8 Å². The van der Waals surface area contributed by atoms with Gasteiger partial charge in [-0.1, -0.05) is 6.07 Å². The van der Waals surface area contributed by atoms with Gasteiger partial charge in [-0.25, -0.2) is 0 Å². The fourth-order valence-corrected chi connectivity index (χ4v) is 3.58. The van der Waals surface area contributed by atoms with E-state index in [-0.39, 0.29) is 5.91 Å². The highest BCUT2D eigenvalue weighted by molar-refractivity contribution is 7.10. The average molecular weight is 377 g/mol. The van der Waals surface area contributed by atoms with Crippen molar-refractivity contribution in [2.75, 3.05) is 31.1 Å². The number of anilines is 1. The standard InChI is InChI=1S/C20H19N5OS/c26-20(8-5-17-4-2-14-27-17)25-12-10-24(11-13-25)19-7-6-18(22-23-19)16-3-1-9-21-15-16/h1-9,14-15H,10-13H2. The van der Waals surface area contributed by atoms with Crippen LogP contribution >= 0.6 is 11.3 Å². The van der Waals surface area contributed by atoms with Crippen molar-refractivity contribution >= 4 is 29.1 Å². The van der Waals surface area contributed by atoms with Gasteiger partial charge in [-0.15, -0.1) is 21.5 Å². The van der Waals surface area contributed by atoms with E-state index >= 15 is 0 Å². The number of hydrogen-bond acceptors (Lipinski definition) is 6. The Balaban J connectivity index is 1.34. The maximum absolute atomic E-state index is 12.3. The molecule has 3 aromatic heterocycles. The Labute approximate surface area is 161 Å². The van der Waals surface area contributed by atoms with Crippen molar-refractivity contribution in [3.05, 3.63) is 65.1 Å². The topological polar surface area (TPSA) is 62.2 Å². The second kappa shape index (κ2) is 8.09. The van der Waals surface area contributed by atoms with E-state index < -0.39 is 0 Å². The van der Waals surface area contributed by atoms with Gasteiger partial charge in [0, 0.05) is 55.1 Å². The zero-order valence-electron chi connectivity index (χ0n) is 14.7. The second-order valence-corrected chi connectivity index (χ2v) is 7.16. The first-order valence-corrected chi connectivity index (χ1v) is 9.67. The smallest absolute Gasteiger partial charge is 0.246 e. The van der Waals surface area contributed by atoms with Crippen LogP contribution < -0.4 is 4.90 Å². The molecule has 4 rings (SSSR count). The summed E-state index contributed by atoms with van der Waals surface area (Å²) in [5, 5.41) is 10.7. The maximum Gasteiger partial charge on any atom is 0.246 e. The van der Waals surface area contributed by atoms with Crippen LogP contribution in [0.5, 0.6) is 0 Å². The Kier molecular flexibility index (Phi) is 5.20. The fraction of sp³-hybridized carbons (Fsp3) is 0.200. The number of carbonyl (C=O) groups is 1. The molecule has 0 N–H and O–H groups in total. The molecule has 0 saturated carbocycles. The van der Waals surface area contributed by atoms with Crippen molar-refractivity contribution in [3.63, 3.8) is 0 Å². The van der Waals surface area contributed by atoms with Gasteiger partial charge in [0.2, 0.25) is 5.91 Å². The molecular formula is C20H19N5OS. The number of aromatic nitrogens is 3. The van der Waals surface area contributed by atoms with Gasteiger partial charge < -0.3 is 9.80 Å². The lowest BCUT2D eigenvalue weighted by atomic mass is 10.2. The maximum atomic E-state index is 12.3. The van der Waals surface area contributed by atoms with Gasteiger partial charge in [0.25, 0.3) is 0 Å². The van der Waals surface area contributed by atoms with Gasteiger partial charge in [-0.2, -0.15) is 0 Å². The minimum absolute atomic E-state index is 0.0565. The van der Waals surface area contributed by atoms with Gasteiger partial charge in [-0.3, -0.25) is 9.78 Å². The van der Waals surface area contributed by atoms with Gasteiger partial charge in [0.1, 0.15) is 0 Å². The third-order valence-corrected chi connectivity index (χ3v) is 5.29. The number of thiophene rings is 1. The molecule has 0 radical (unpaired) electrons. The van der Waals surface area contributed by atoms with E-state index in [9.17, 15) is 4.79 Å². The highest BCUT2D eigenvalue weighted by atomic mass is 32.1. The number of nitrogens with zero attached hydrogens (tertiary/aromatic N) is 5. The highest BCUT2D eigenvalue weighted by Crippen LogP contribution is 2.18. The van der Waals surface area contributed by atoms with Gasteiger partial charge in [0.05, 0.1) is 5.69 Å². The van der Waals surface area contributed by atoms with E-state index in [0.717, 1.165) is 35.0 Å². The molecule has 0 atom stereocenters. The normalized spacial score (nSPS) is 14.7. The number of pyridine rings is 1. The zero-order valence-corrected chi connectivity index (χ0v) is 15.5. The molecule has 7 heteroatoms. The Morgan fingerprint density at radius 1 is 1.04 bits per heavy atom. The lowest BCUT2D eigenvalue weighted by molar-refractivity contribution is -0.126. The van der Waals surface area contributed by atoms with Crippen LogP contribution in [0.3, 0.4) is 0 Å². The van der Waals surface area contributed by atoms with E-state index in [0.29, 0.717) is 13.1 Å². The molecule has 4 heterocycles. The van der Waals surface area contributed by atoms with E-state index in [4.69, 9.17) is 0 Å². The molecule has 1 fully saturated rings. The summed E-state index contributed by atoms with van der Waals surface area (Å²) in [5.74, 6) is 0.893. The lowest BCUT2D eigenvalue weighted by Crippen LogP contribution is -2.48. The summed E-state index contributed by atoms with van der Waals surface area (Å²) in [4.78, 5) is 21.6. The molecule has 136 valence electrons. The van der Waals surface area contributed by atoms with Crippen LogP contribution in [-0.4, -0.2) is 52.2 Å². The molecule has 0 unspecified atom stereocenters. The third-order valence-electron chi connectivity index (χ3n) is 4.46. The van der Waals surface area contributed by atoms with Crippen LogP contribution in [0.15, 0.2) is 60.2 Å². The Morgan fingerprint density at radius 3 is 2.59 bits per heavy atom. The predicted molar refractivity (Wildman–Crippen MR) is 107 cm³/mol. The van der Waals surface area contributed by atoms with E-state index in [2.05, 4.69) is 20.1 Å². The number of amides is 1. The van der Waals surface area contributed by atoms with Crippen molar-refractivity contribution < 1.29 is 4.79 Å². The SMILES string of the molecule is O=C(C=Cc1cccs1)N1CCN(c2ccc(-c3cccnc3)nn2)CC1. The first-order chi connectivity index (χ1) is 13.3. The molecule has 1 aliphatic heterocycles. The summed E-state index contributed by atoms with van der Waals surface area (Å²) in [7, 11) is 0. The molecule has 3 aromatic rings. The quantitative estimate of drug-likeness (QED) is 0.654. The minimum atomic E-state index is 0.0565. The summed E-state index contributed by atoms with van der Waals surface area (Å²) < 4.78 is 0. The third kappa shape index (κ3) is 4.20. The predicted octanol–water partition coefficient (Wildman–Crippen LogP) is 2.96. The monoisotopic (exact) mass is 377 g/mol. The molecule has 0 aliphatic carbocycles. The van der Waals surface area contributed by atoms with Crippen LogP contribution in [0.2, 0.25) is 0 Å². The van der Waals surface area contributed by atoms with Crippen LogP contribution in [-0.2, 0) is 4.79 Å². The largest absolute Gasteiger partial charge is 0.352 e. The number of hydrogen-bond donors (Lipinski definition) is 0. The summed E-state index contributed by atoms with van der Waals surface area (Å²) in [6, 6.07) is 11.8. The number of piperazine rings is 1. The lowest BCUT2D eigenvalue weighted by Gasteiger charge is -2.34. The molecule has 0 aromatic carbocycles. The molecule has 27 heavy (non-hydrogen) atoms. The second-order valence-electron chi connectivity index (χ2n) is 6.18. The molecule has 1 aliphatic rings. The Bertz CT molecular complexity index is 901. The molecular weight excluding hydrogens is 358 g/mol. The first-order valence-electron chi connectivity index (χ1n) is 8.79. The van der Waals surface area contributed by atoms with Crippen LogP contribution in [0.1, 0.15) is 4.88 Å². The van der Waals surface area contributed by atoms with Crippen LogP contribution in [0, 0.1) is 0 Å². The minimum Gasteiger partial charge on any atom is -0.352 e. The zero-order chi connectivity index (χ0) is 18.5. The van der Waals surface area contributed by atoms with E-state index in [1.807, 2.05) is 52.8 Å². The van der Waals surface area contributed by atoms with Crippen LogP contribution in [0.4, 0.5) is 5.82 Å². The molecule has 1 saturated heterocycles. The van der Waals surface area contributed by atoms with Crippen molar-refractivity contribution in [2.24, 2.45) is 0 Å². The Hall–Kier alpha value is -3.06. The summed E-state index contributed by atoms with van der Waals surface area (Å²) in [5.41, 5.74) is 1.75. The van der Waals surface area contributed by atoms with Gasteiger partial charge >= 0.3 is 0 Å². The number of rotatable bonds is 4. The fourth-order valence-electron chi connectivity index (χ4n) is 2.96. The summed E-state index contributed by atoms with van der Waals surface area (Å²) >= 11 is 1.62. The van der Waals surface area contributed by atoms with E-state index in [1.165, 1.54) is 0 Å². The van der Waals surface area contributed by atoms with Crippen molar-refractivity contribution in [2.45, 2.75) is 0 Å². The number of carbonyl (C=O) groups excluding carboxylic acids is 1. The Morgan fingerprint density at radius 2 is 1.93 bits per heavy atom. The highest BCUT2D eigenvalue weighted by Gasteiger charge is 2.20. The first kappa shape index (κ1) is 17.4. The summed E-state index contributed by atoms with van der Waals surface area (Å²) in [6.07, 6.45) is 7.05. The molecule has 0 bridgehead atoms. The van der Waals surface area contributed by atoms with Gasteiger partial charge in [0.15, 0.2) is 5.82 Å². The molecule has 1 amide bonds. The van der Waals surface area contributed by atoms with Crippen molar-refractivity contribution in [3.8, 4) is 11.3 Å². The molecule has 6 nitrogen and oxygen atoms in total. The van der Waals surface area contributed by atoms with Crippen LogP contribution in [0.25, 0.3) is 17.3 Å². The van der Waals surface area contributed by atoms with E-state index in [1.54, 1.807) is 29.8 Å².